The molecule has 3 heterocycles. The number of aromatic nitrogens is 1. The van der Waals surface area contributed by atoms with Crippen molar-refractivity contribution in [2.45, 2.75) is 13.8 Å². The van der Waals surface area contributed by atoms with Crippen LogP contribution in [0.2, 0.25) is 0 Å². The smallest absolute Gasteiger partial charge is 0.261 e. The van der Waals surface area contributed by atoms with Gasteiger partial charge in [-0.1, -0.05) is 37.8 Å². The summed E-state index contributed by atoms with van der Waals surface area (Å²) in [7, 11) is 0. The zero-order chi connectivity index (χ0) is 19.7. The van der Waals surface area contributed by atoms with Crippen molar-refractivity contribution >= 4 is 62.8 Å². The number of rotatable bonds is 6. The molecular formula is C20H20N4O2S2. The van der Waals surface area contributed by atoms with Crippen molar-refractivity contribution in [2.24, 2.45) is 21.8 Å². The standard InChI is InChI=1S/C20H20N4O2S2/c1-11(2)16-8-13-19(26)23-17(24-20(13)28-16)9-27-10-18(25)22-15-5-3-4-14-12(15)6-7-21-14/h3-8,11,13,21H,9-10H2,1-2H3,(H,22,25). The molecule has 0 radical (unpaired) electrons. The van der Waals surface area contributed by atoms with Crippen LogP contribution in [0, 0.1) is 11.8 Å². The molecule has 0 spiro atoms. The van der Waals surface area contributed by atoms with E-state index in [9.17, 15) is 9.59 Å². The van der Waals surface area contributed by atoms with Crippen molar-refractivity contribution < 1.29 is 9.59 Å². The Morgan fingerprint density at radius 1 is 1.32 bits per heavy atom. The Labute approximate surface area is 171 Å². The van der Waals surface area contributed by atoms with E-state index >= 15 is 0 Å². The molecule has 1 unspecified atom stereocenters. The Kier molecular flexibility index (Phi) is 5.41. The summed E-state index contributed by atoms with van der Waals surface area (Å²) in [5.74, 6) is 0.996. The van der Waals surface area contributed by atoms with Gasteiger partial charge in [0.05, 0.1) is 22.2 Å². The molecule has 6 nitrogen and oxygen atoms in total. The molecule has 0 fully saturated rings. The lowest BCUT2D eigenvalue weighted by molar-refractivity contribution is -0.118. The largest absolute Gasteiger partial charge is 0.361 e. The third-order valence-corrected chi connectivity index (χ3v) is 6.79. The van der Waals surface area contributed by atoms with Gasteiger partial charge in [-0.15, -0.1) is 11.8 Å². The zero-order valence-electron chi connectivity index (χ0n) is 15.6. The molecule has 2 aromatic rings. The average molecular weight is 413 g/mol. The van der Waals surface area contributed by atoms with E-state index in [0.29, 0.717) is 17.5 Å². The van der Waals surface area contributed by atoms with Gasteiger partial charge in [0, 0.05) is 17.1 Å². The molecule has 1 atom stereocenters. The zero-order valence-corrected chi connectivity index (χ0v) is 17.2. The minimum Gasteiger partial charge on any atom is -0.361 e. The van der Waals surface area contributed by atoms with Crippen molar-refractivity contribution in [1.82, 2.24) is 4.98 Å². The van der Waals surface area contributed by atoms with Crippen LogP contribution in [-0.4, -0.2) is 39.2 Å². The average Bonchev–Trinajstić information content (AvgIpc) is 3.29. The number of aliphatic imine (C=N–C) groups is 2. The Morgan fingerprint density at radius 2 is 2.18 bits per heavy atom. The van der Waals surface area contributed by atoms with Crippen molar-refractivity contribution in [3.05, 3.63) is 41.4 Å². The number of benzene rings is 1. The molecule has 1 aromatic heterocycles. The number of aromatic amines is 1. The second kappa shape index (κ2) is 7.97. The van der Waals surface area contributed by atoms with Crippen LogP contribution < -0.4 is 5.32 Å². The molecule has 2 N–H and O–H groups in total. The maximum atomic E-state index is 12.3. The number of anilines is 1. The maximum absolute atomic E-state index is 12.3. The molecule has 2 amide bonds. The van der Waals surface area contributed by atoms with Gasteiger partial charge >= 0.3 is 0 Å². The summed E-state index contributed by atoms with van der Waals surface area (Å²) in [4.78, 5) is 37.5. The predicted molar refractivity (Wildman–Crippen MR) is 118 cm³/mol. The van der Waals surface area contributed by atoms with Crippen molar-refractivity contribution in [2.75, 3.05) is 16.8 Å². The lowest BCUT2D eigenvalue weighted by atomic mass is 10.1. The fourth-order valence-electron chi connectivity index (χ4n) is 3.06. The summed E-state index contributed by atoms with van der Waals surface area (Å²) in [5, 5.41) is 4.73. The SMILES string of the molecule is CC(C)C1=CC2C(=O)N=C(CSCC(=O)Nc3cccc4[nH]ccc34)N=C2S1. The Morgan fingerprint density at radius 3 is 3.00 bits per heavy atom. The van der Waals surface area contributed by atoms with Gasteiger partial charge in [0.15, 0.2) is 0 Å². The summed E-state index contributed by atoms with van der Waals surface area (Å²) in [6.45, 7) is 4.21. The molecule has 2 aliphatic heterocycles. The van der Waals surface area contributed by atoms with E-state index in [0.717, 1.165) is 21.6 Å². The van der Waals surface area contributed by atoms with E-state index in [2.05, 4.69) is 34.1 Å². The van der Waals surface area contributed by atoms with Crippen LogP contribution in [0.15, 0.2) is 51.4 Å². The topological polar surface area (TPSA) is 86.7 Å². The molecular weight excluding hydrogens is 392 g/mol. The highest BCUT2D eigenvalue weighted by molar-refractivity contribution is 8.17. The second-order valence-electron chi connectivity index (χ2n) is 6.91. The summed E-state index contributed by atoms with van der Waals surface area (Å²) in [6.07, 6.45) is 3.82. The summed E-state index contributed by atoms with van der Waals surface area (Å²) in [6, 6.07) is 7.68. The van der Waals surface area contributed by atoms with Crippen LogP contribution in [-0.2, 0) is 9.59 Å². The highest BCUT2D eigenvalue weighted by Crippen LogP contribution is 2.38. The number of carbonyl (C=O) groups excluding carboxylic acids is 2. The van der Waals surface area contributed by atoms with E-state index in [1.165, 1.54) is 16.7 Å². The number of hydrogen-bond donors (Lipinski definition) is 2. The maximum Gasteiger partial charge on any atom is 0.261 e. The van der Waals surface area contributed by atoms with Gasteiger partial charge in [-0.05, 0) is 29.0 Å². The van der Waals surface area contributed by atoms with E-state index in [1.54, 1.807) is 11.8 Å². The van der Waals surface area contributed by atoms with Gasteiger partial charge in [-0.25, -0.2) is 4.99 Å². The van der Waals surface area contributed by atoms with Crippen molar-refractivity contribution in [3.63, 3.8) is 0 Å². The number of allylic oxidation sites excluding steroid dienone is 1. The molecule has 1 aromatic carbocycles. The molecule has 0 saturated heterocycles. The Bertz CT molecular complexity index is 1040. The number of nitrogens with zero attached hydrogens (tertiary/aromatic N) is 2. The first-order valence-corrected chi connectivity index (χ1v) is 11.0. The van der Waals surface area contributed by atoms with Crippen LogP contribution in [0.4, 0.5) is 5.69 Å². The highest BCUT2D eigenvalue weighted by atomic mass is 32.2. The molecule has 144 valence electrons. The predicted octanol–water partition coefficient (Wildman–Crippen LogP) is 4.08. The molecule has 0 bridgehead atoms. The molecule has 8 heteroatoms. The first kappa shape index (κ1) is 19.0. The van der Waals surface area contributed by atoms with Crippen LogP contribution in [0.25, 0.3) is 10.9 Å². The van der Waals surface area contributed by atoms with E-state index < -0.39 is 0 Å². The fraction of sp³-hybridized carbons (Fsp3) is 0.300. The number of amidine groups is 1. The Balaban J connectivity index is 1.32. The van der Waals surface area contributed by atoms with Crippen LogP contribution in [0.1, 0.15) is 13.8 Å². The Hall–Kier alpha value is -2.32. The molecule has 4 rings (SSSR count). The minimum absolute atomic E-state index is 0.0917. The monoisotopic (exact) mass is 412 g/mol. The fourth-order valence-corrected chi connectivity index (χ4v) is 4.86. The summed E-state index contributed by atoms with van der Waals surface area (Å²) >= 11 is 2.97. The van der Waals surface area contributed by atoms with E-state index in [4.69, 9.17) is 0 Å². The van der Waals surface area contributed by atoms with Crippen molar-refractivity contribution in [1.29, 1.82) is 0 Å². The number of carbonyl (C=O) groups is 2. The van der Waals surface area contributed by atoms with Crippen molar-refractivity contribution in [3.8, 4) is 0 Å². The lowest BCUT2D eigenvalue weighted by Crippen LogP contribution is -2.24. The van der Waals surface area contributed by atoms with E-state index in [1.807, 2.05) is 36.5 Å². The van der Waals surface area contributed by atoms with Crippen LogP contribution >= 0.6 is 23.5 Å². The first-order valence-electron chi connectivity index (χ1n) is 9.04. The van der Waals surface area contributed by atoms with Gasteiger partial charge < -0.3 is 10.3 Å². The van der Waals surface area contributed by atoms with Gasteiger partial charge in [-0.2, -0.15) is 4.99 Å². The number of amides is 2. The number of thioether (sulfide) groups is 2. The molecule has 0 aliphatic carbocycles. The number of fused-ring (bicyclic) bond motifs is 2. The quantitative estimate of drug-likeness (QED) is 0.748. The molecule has 0 saturated carbocycles. The lowest BCUT2D eigenvalue weighted by Gasteiger charge is -2.12. The summed E-state index contributed by atoms with van der Waals surface area (Å²) < 4.78 is 0. The number of H-pyrrole nitrogens is 1. The second-order valence-corrected chi connectivity index (χ2v) is 8.98. The highest BCUT2D eigenvalue weighted by Gasteiger charge is 2.34. The van der Waals surface area contributed by atoms with E-state index in [-0.39, 0.29) is 23.5 Å². The molecule has 2 aliphatic rings. The van der Waals surface area contributed by atoms with Gasteiger partial charge in [-0.3, -0.25) is 9.59 Å². The normalized spacial score (nSPS) is 18.8. The van der Waals surface area contributed by atoms with Crippen LogP contribution in [0.5, 0.6) is 0 Å². The first-order chi connectivity index (χ1) is 13.5. The molecule has 28 heavy (non-hydrogen) atoms. The minimum atomic E-state index is -0.318. The van der Waals surface area contributed by atoms with Gasteiger partial charge in [0.1, 0.15) is 11.8 Å². The number of hydrogen-bond acceptors (Lipinski definition) is 5. The third kappa shape index (κ3) is 3.93. The third-order valence-electron chi connectivity index (χ3n) is 4.47. The van der Waals surface area contributed by atoms with Crippen LogP contribution in [0.3, 0.4) is 0 Å². The van der Waals surface area contributed by atoms with Gasteiger partial charge in [0.25, 0.3) is 5.91 Å². The summed E-state index contributed by atoms with van der Waals surface area (Å²) in [5.41, 5.74) is 1.77. The van der Waals surface area contributed by atoms with Gasteiger partial charge in [0.2, 0.25) is 5.91 Å². The number of nitrogens with one attached hydrogen (secondary N) is 2.